The average molecular weight is 405 g/mol. The number of nitrogens with zero attached hydrogens (tertiary/aromatic N) is 2. The maximum absolute atomic E-state index is 6.29. The molecule has 2 N–H and O–H groups in total. The molecule has 0 saturated carbocycles. The quantitative estimate of drug-likeness (QED) is 0.714. The van der Waals surface area contributed by atoms with Crippen molar-refractivity contribution in [2.24, 2.45) is 0 Å². The van der Waals surface area contributed by atoms with Crippen molar-refractivity contribution < 1.29 is 14.2 Å². The number of anilines is 3. The summed E-state index contributed by atoms with van der Waals surface area (Å²) in [6.07, 6.45) is 2.64. The van der Waals surface area contributed by atoms with Crippen LogP contribution in [-0.2, 0) is 11.3 Å². The fourth-order valence-corrected chi connectivity index (χ4v) is 3.66. The number of aromatic nitrogens is 1. The van der Waals surface area contributed by atoms with Gasteiger partial charge in [0.15, 0.2) is 17.3 Å². The molecule has 8 heteroatoms. The topological polar surface area (TPSA) is 67.9 Å². The number of hydrogen-bond donors (Lipinski definition) is 2. The smallest absolute Gasteiger partial charge is 0.163 e. The molecule has 2 aliphatic rings. The van der Waals surface area contributed by atoms with Crippen LogP contribution in [0.2, 0.25) is 5.02 Å². The van der Waals surface area contributed by atoms with Gasteiger partial charge in [-0.1, -0.05) is 11.6 Å². The lowest BCUT2D eigenvalue weighted by molar-refractivity contribution is 0.0357. The Balaban J connectivity index is 1.45. The Kier molecular flexibility index (Phi) is 6.04. The number of methoxy groups -OCH3 is 1. The van der Waals surface area contributed by atoms with Crippen molar-refractivity contribution in [1.82, 2.24) is 9.88 Å². The van der Waals surface area contributed by atoms with Crippen molar-refractivity contribution in [3.05, 3.63) is 35.0 Å². The highest BCUT2D eigenvalue weighted by molar-refractivity contribution is 6.33. The first-order valence-corrected chi connectivity index (χ1v) is 9.91. The van der Waals surface area contributed by atoms with E-state index in [2.05, 4.69) is 20.5 Å². The van der Waals surface area contributed by atoms with Crippen molar-refractivity contribution in [1.29, 1.82) is 0 Å². The molecular formula is C20H25ClN4O3. The molecule has 1 aromatic carbocycles. The zero-order valence-electron chi connectivity index (χ0n) is 16.0. The summed E-state index contributed by atoms with van der Waals surface area (Å²) in [5.41, 5.74) is 2.80. The Bertz CT molecular complexity index is 827. The lowest BCUT2D eigenvalue weighted by atomic mass is 10.1. The largest absolute Gasteiger partial charge is 0.493 e. The molecule has 1 fully saturated rings. The van der Waals surface area contributed by atoms with Gasteiger partial charge >= 0.3 is 0 Å². The molecule has 150 valence electrons. The molecule has 7 nitrogen and oxygen atoms in total. The van der Waals surface area contributed by atoms with E-state index in [1.54, 1.807) is 19.4 Å². The van der Waals surface area contributed by atoms with Crippen molar-refractivity contribution in [2.45, 2.75) is 13.0 Å². The van der Waals surface area contributed by atoms with Gasteiger partial charge in [0, 0.05) is 44.1 Å². The average Bonchev–Trinajstić information content (AvgIpc) is 2.91. The molecule has 2 aromatic rings. The summed E-state index contributed by atoms with van der Waals surface area (Å²) in [6.45, 7) is 5.88. The fourth-order valence-electron chi connectivity index (χ4n) is 3.44. The van der Waals surface area contributed by atoms with E-state index in [0.29, 0.717) is 24.0 Å². The van der Waals surface area contributed by atoms with Crippen LogP contribution >= 0.6 is 11.6 Å². The Morgan fingerprint density at radius 1 is 1.25 bits per heavy atom. The number of fused-ring (bicyclic) bond motifs is 2. The van der Waals surface area contributed by atoms with Crippen molar-refractivity contribution in [3.63, 3.8) is 0 Å². The van der Waals surface area contributed by atoms with Crippen LogP contribution in [0.1, 0.15) is 12.0 Å². The molecule has 28 heavy (non-hydrogen) atoms. The van der Waals surface area contributed by atoms with E-state index in [1.807, 2.05) is 12.1 Å². The van der Waals surface area contributed by atoms with Gasteiger partial charge in [0.25, 0.3) is 0 Å². The SMILES string of the molecule is COc1cc2c(cc1OCCCN1CCOCC1)Nc1nccc(Cl)c1NC2. The zero-order chi connectivity index (χ0) is 19.3. The first kappa shape index (κ1) is 19.1. The number of ether oxygens (including phenoxy) is 3. The zero-order valence-corrected chi connectivity index (χ0v) is 16.7. The maximum Gasteiger partial charge on any atom is 0.163 e. The molecule has 0 amide bonds. The minimum Gasteiger partial charge on any atom is -0.493 e. The monoisotopic (exact) mass is 404 g/mol. The number of nitrogens with one attached hydrogen (secondary N) is 2. The highest BCUT2D eigenvalue weighted by atomic mass is 35.5. The summed E-state index contributed by atoms with van der Waals surface area (Å²) in [7, 11) is 1.66. The third-order valence-corrected chi connectivity index (χ3v) is 5.29. The number of morpholine rings is 1. The minimum atomic E-state index is 0.619. The van der Waals surface area contributed by atoms with Gasteiger partial charge in [-0.05, 0) is 24.1 Å². The summed E-state index contributed by atoms with van der Waals surface area (Å²) in [4.78, 5) is 6.80. The van der Waals surface area contributed by atoms with Gasteiger partial charge in [-0.15, -0.1) is 0 Å². The van der Waals surface area contributed by atoms with Gasteiger partial charge in [-0.25, -0.2) is 4.98 Å². The van der Waals surface area contributed by atoms with E-state index in [4.69, 9.17) is 25.8 Å². The van der Waals surface area contributed by atoms with Crippen molar-refractivity contribution in [2.75, 3.05) is 57.2 Å². The summed E-state index contributed by atoms with van der Waals surface area (Å²) in [5, 5.41) is 7.34. The predicted molar refractivity (Wildman–Crippen MR) is 110 cm³/mol. The molecular weight excluding hydrogens is 380 g/mol. The standard InChI is InChI=1S/C20H25ClN4O3/c1-26-17-11-14-13-23-19-15(21)3-4-22-20(19)24-16(14)12-18(17)28-8-2-5-25-6-9-27-10-7-25/h3-4,11-12,23H,2,5-10,13H2,1H3,(H,22,24). The van der Waals surface area contributed by atoms with E-state index in [9.17, 15) is 0 Å². The Morgan fingerprint density at radius 2 is 2.11 bits per heavy atom. The molecule has 4 rings (SSSR count). The van der Waals surface area contributed by atoms with Crippen LogP contribution in [0.4, 0.5) is 17.2 Å². The summed E-state index contributed by atoms with van der Waals surface area (Å²) in [5.74, 6) is 2.15. The number of rotatable bonds is 6. The molecule has 0 bridgehead atoms. The Labute approximate surface area is 169 Å². The molecule has 0 aliphatic carbocycles. The Hall–Kier alpha value is -2.22. The summed E-state index contributed by atoms with van der Waals surface area (Å²) < 4.78 is 17.0. The summed E-state index contributed by atoms with van der Waals surface area (Å²) in [6, 6.07) is 5.74. The van der Waals surface area contributed by atoms with E-state index >= 15 is 0 Å². The van der Waals surface area contributed by atoms with Gasteiger partial charge in [0.1, 0.15) is 0 Å². The second-order valence-electron chi connectivity index (χ2n) is 6.81. The third kappa shape index (κ3) is 4.27. The molecule has 2 aliphatic heterocycles. The van der Waals surface area contributed by atoms with Crippen LogP contribution in [0, 0.1) is 0 Å². The molecule has 0 spiro atoms. The van der Waals surface area contributed by atoms with Gasteiger partial charge < -0.3 is 24.8 Å². The predicted octanol–water partition coefficient (Wildman–Crippen LogP) is 3.51. The van der Waals surface area contributed by atoms with Crippen molar-refractivity contribution >= 4 is 28.8 Å². The van der Waals surface area contributed by atoms with E-state index in [1.165, 1.54) is 0 Å². The first-order valence-electron chi connectivity index (χ1n) is 9.54. The first-order chi connectivity index (χ1) is 13.7. The van der Waals surface area contributed by atoms with Crippen LogP contribution in [0.5, 0.6) is 11.5 Å². The van der Waals surface area contributed by atoms with Gasteiger partial charge in [-0.3, -0.25) is 4.90 Å². The maximum atomic E-state index is 6.29. The molecule has 1 saturated heterocycles. The lowest BCUT2D eigenvalue weighted by Gasteiger charge is -2.26. The van der Waals surface area contributed by atoms with Gasteiger partial charge in [0.2, 0.25) is 0 Å². The van der Waals surface area contributed by atoms with E-state index in [-0.39, 0.29) is 0 Å². The normalized spacial score (nSPS) is 16.2. The number of hydrogen-bond acceptors (Lipinski definition) is 7. The minimum absolute atomic E-state index is 0.619. The van der Waals surface area contributed by atoms with Gasteiger partial charge in [0.05, 0.1) is 37.6 Å². The van der Waals surface area contributed by atoms with Gasteiger partial charge in [-0.2, -0.15) is 0 Å². The van der Waals surface area contributed by atoms with Crippen LogP contribution in [0.15, 0.2) is 24.4 Å². The van der Waals surface area contributed by atoms with E-state index in [0.717, 1.165) is 67.7 Å². The second kappa shape index (κ2) is 8.86. The fraction of sp³-hybridized carbons (Fsp3) is 0.450. The highest BCUT2D eigenvalue weighted by Crippen LogP contribution is 2.40. The number of benzene rings is 1. The molecule has 1 aromatic heterocycles. The lowest BCUT2D eigenvalue weighted by Crippen LogP contribution is -2.37. The highest BCUT2D eigenvalue weighted by Gasteiger charge is 2.19. The van der Waals surface area contributed by atoms with Crippen molar-refractivity contribution in [3.8, 4) is 11.5 Å². The van der Waals surface area contributed by atoms with Crippen LogP contribution in [0.3, 0.4) is 0 Å². The number of halogens is 1. The second-order valence-corrected chi connectivity index (χ2v) is 7.22. The molecule has 0 atom stereocenters. The third-order valence-electron chi connectivity index (χ3n) is 4.98. The molecule has 0 unspecified atom stereocenters. The van der Waals surface area contributed by atoms with Crippen LogP contribution < -0.4 is 20.1 Å². The molecule has 3 heterocycles. The Morgan fingerprint density at radius 3 is 2.93 bits per heavy atom. The van der Waals surface area contributed by atoms with Crippen LogP contribution in [0.25, 0.3) is 0 Å². The van der Waals surface area contributed by atoms with E-state index < -0.39 is 0 Å². The number of pyridine rings is 1. The summed E-state index contributed by atoms with van der Waals surface area (Å²) >= 11 is 6.29. The molecule has 0 radical (unpaired) electrons. The van der Waals surface area contributed by atoms with Crippen LogP contribution in [-0.4, -0.2) is 56.4 Å².